The number of ether oxygens (including phenoxy) is 2. The smallest absolute Gasteiger partial charge is 0.305 e. The van der Waals surface area contributed by atoms with Crippen LogP contribution in [0.4, 0.5) is 4.39 Å². The summed E-state index contributed by atoms with van der Waals surface area (Å²) in [5.41, 5.74) is 0. The molecular formula is C13H17FO3. The number of carbonyl (C=O) groups excluding carboxylic acids is 1. The van der Waals surface area contributed by atoms with Crippen molar-refractivity contribution in [3.05, 3.63) is 30.1 Å². The van der Waals surface area contributed by atoms with E-state index in [4.69, 9.17) is 9.47 Å². The average Bonchev–Trinajstić information content (AvgIpc) is 2.34. The summed E-state index contributed by atoms with van der Waals surface area (Å²) in [7, 11) is 0. The summed E-state index contributed by atoms with van der Waals surface area (Å²) in [6.45, 7) is 2.32. The first-order valence-electron chi connectivity index (χ1n) is 5.77. The lowest BCUT2D eigenvalue weighted by atomic mass is 10.2. The third kappa shape index (κ3) is 5.33. The molecule has 0 aliphatic rings. The fraction of sp³-hybridized carbons (Fsp3) is 0.462. The van der Waals surface area contributed by atoms with Crippen molar-refractivity contribution >= 4 is 5.97 Å². The molecule has 1 aromatic rings. The van der Waals surface area contributed by atoms with Crippen molar-refractivity contribution in [2.24, 2.45) is 0 Å². The van der Waals surface area contributed by atoms with Crippen LogP contribution >= 0.6 is 0 Å². The molecule has 0 N–H and O–H groups in total. The molecule has 17 heavy (non-hydrogen) atoms. The van der Waals surface area contributed by atoms with Gasteiger partial charge in [-0.25, -0.2) is 4.39 Å². The van der Waals surface area contributed by atoms with Crippen molar-refractivity contribution in [1.29, 1.82) is 0 Å². The molecule has 0 aliphatic heterocycles. The Balaban J connectivity index is 2.16. The maximum Gasteiger partial charge on any atom is 0.305 e. The minimum absolute atomic E-state index is 0.150. The fourth-order valence-corrected chi connectivity index (χ4v) is 1.26. The lowest BCUT2D eigenvalue weighted by molar-refractivity contribution is -0.144. The molecule has 3 nitrogen and oxygen atoms in total. The van der Waals surface area contributed by atoms with Crippen molar-refractivity contribution in [2.45, 2.75) is 26.2 Å². The molecule has 0 unspecified atom stereocenters. The predicted octanol–water partition coefficient (Wildman–Crippen LogP) is 2.94. The Morgan fingerprint density at radius 2 is 2.06 bits per heavy atom. The second-order valence-corrected chi connectivity index (χ2v) is 3.60. The molecule has 1 rings (SSSR count). The monoisotopic (exact) mass is 240 g/mol. The van der Waals surface area contributed by atoms with Crippen LogP contribution in [0.25, 0.3) is 0 Å². The van der Waals surface area contributed by atoms with Gasteiger partial charge >= 0.3 is 5.97 Å². The van der Waals surface area contributed by atoms with Crippen LogP contribution in [-0.4, -0.2) is 19.2 Å². The van der Waals surface area contributed by atoms with Gasteiger partial charge in [0.15, 0.2) is 11.6 Å². The summed E-state index contributed by atoms with van der Waals surface area (Å²) in [5, 5.41) is 0. The second-order valence-electron chi connectivity index (χ2n) is 3.60. The van der Waals surface area contributed by atoms with Crippen molar-refractivity contribution < 1.29 is 18.7 Å². The highest BCUT2D eigenvalue weighted by Gasteiger charge is 2.03. The molecule has 0 saturated carbocycles. The van der Waals surface area contributed by atoms with Gasteiger partial charge in [0.1, 0.15) is 13.2 Å². The van der Waals surface area contributed by atoms with Gasteiger partial charge in [-0.3, -0.25) is 4.79 Å². The second kappa shape index (κ2) is 7.65. The van der Waals surface area contributed by atoms with Crippen LogP contribution < -0.4 is 4.74 Å². The highest BCUT2D eigenvalue weighted by Crippen LogP contribution is 2.14. The molecule has 0 radical (unpaired) electrons. The highest BCUT2D eigenvalue weighted by molar-refractivity contribution is 5.69. The van der Waals surface area contributed by atoms with Gasteiger partial charge in [0.05, 0.1) is 0 Å². The third-order valence-electron chi connectivity index (χ3n) is 2.18. The van der Waals surface area contributed by atoms with Gasteiger partial charge < -0.3 is 9.47 Å². The summed E-state index contributed by atoms with van der Waals surface area (Å²) >= 11 is 0. The van der Waals surface area contributed by atoms with Crippen LogP contribution in [0, 0.1) is 5.82 Å². The molecule has 0 spiro atoms. The van der Waals surface area contributed by atoms with Crippen LogP contribution in [0.1, 0.15) is 26.2 Å². The maximum absolute atomic E-state index is 13.1. The third-order valence-corrected chi connectivity index (χ3v) is 2.18. The molecule has 0 heterocycles. The first-order chi connectivity index (χ1) is 8.24. The van der Waals surface area contributed by atoms with Gasteiger partial charge in [0, 0.05) is 6.42 Å². The first kappa shape index (κ1) is 13.5. The highest BCUT2D eigenvalue weighted by atomic mass is 19.1. The first-order valence-corrected chi connectivity index (χ1v) is 5.77. The quantitative estimate of drug-likeness (QED) is 0.543. The van der Waals surface area contributed by atoms with E-state index in [-0.39, 0.29) is 24.9 Å². The minimum Gasteiger partial charge on any atom is -0.487 e. The van der Waals surface area contributed by atoms with E-state index in [1.807, 2.05) is 6.92 Å². The summed E-state index contributed by atoms with van der Waals surface area (Å²) in [5.74, 6) is -0.467. The van der Waals surface area contributed by atoms with Crippen molar-refractivity contribution in [3.8, 4) is 5.75 Å². The Morgan fingerprint density at radius 3 is 2.76 bits per heavy atom. The van der Waals surface area contributed by atoms with Crippen LogP contribution in [-0.2, 0) is 9.53 Å². The number of unbranched alkanes of at least 4 members (excludes halogenated alkanes) is 1. The van der Waals surface area contributed by atoms with E-state index < -0.39 is 5.82 Å². The SMILES string of the molecule is CCCCC(=O)OCCOc1ccccc1F. The number of hydrogen-bond acceptors (Lipinski definition) is 3. The Labute approximate surface area is 101 Å². The molecule has 0 aliphatic carbocycles. The fourth-order valence-electron chi connectivity index (χ4n) is 1.26. The van der Waals surface area contributed by atoms with Crippen LogP contribution in [0.5, 0.6) is 5.75 Å². The Kier molecular flexibility index (Phi) is 6.07. The molecule has 0 aromatic heterocycles. The molecule has 1 aromatic carbocycles. The number of para-hydroxylation sites is 1. The normalized spacial score (nSPS) is 10.0. The zero-order valence-corrected chi connectivity index (χ0v) is 9.95. The number of hydrogen-bond donors (Lipinski definition) is 0. The summed E-state index contributed by atoms with van der Waals surface area (Å²) in [6.07, 6.45) is 2.21. The molecule has 0 amide bonds. The summed E-state index contributed by atoms with van der Waals surface area (Å²) in [4.78, 5) is 11.1. The van der Waals surface area contributed by atoms with Gasteiger partial charge in [-0.05, 0) is 18.6 Å². The van der Waals surface area contributed by atoms with Gasteiger partial charge in [-0.1, -0.05) is 25.5 Å². The van der Waals surface area contributed by atoms with E-state index in [1.54, 1.807) is 12.1 Å². The topological polar surface area (TPSA) is 35.5 Å². The van der Waals surface area contributed by atoms with Crippen molar-refractivity contribution in [3.63, 3.8) is 0 Å². The van der Waals surface area contributed by atoms with E-state index in [9.17, 15) is 9.18 Å². The van der Waals surface area contributed by atoms with Crippen LogP contribution in [0.3, 0.4) is 0 Å². The molecule has 0 bridgehead atoms. The molecule has 4 heteroatoms. The zero-order chi connectivity index (χ0) is 12.5. The van der Waals surface area contributed by atoms with E-state index in [0.717, 1.165) is 12.8 Å². The Bertz CT molecular complexity index is 352. The number of esters is 1. The number of carbonyl (C=O) groups is 1. The number of rotatable bonds is 7. The Morgan fingerprint density at radius 1 is 1.29 bits per heavy atom. The number of halogens is 1. The largest absolute Gasteiger partial charge is 0.487 e. The zero-order valence-electron chi connectivity index (χ0n) is 9.95. The van der Waals surface area contributed by atoms with E-state index in [0.29, 0.717) is 6.42 Å². The van der Waals surface area contributed by atoms with Gasteiger partial charge in [0.2, 0.25) is 0 Å². The molecule has 94 valence electrons. The van der Waals surface area contributed by atoms with E-state index in [1.165, 1.54) is 12.1 Å². The minimum atomic E-state index is -0.412. The van der Waals surface area contributed by atoms with E-state index in [2.05, 4.69) is 0 Å². The van der Waals surface area contributed by atoms with Gasteiger partial charge in [-0.2, -0.15) is 0 Å². The predicted molar refractivity (Wildman–Crippen MR) is 62.4 cm³/mol. The molecular weight excluding hydrogens is 223 g/mol. The van der Waals surface area contributed by atoms with Crippen molar-refractivity contribution in [1.82, 2.24) is 0 Å². The van der Waals surface area contributed by atoms with Crippen molar-refractivity contribution in [2.75, 3.05) is 13.2 Å². The standard InChI is InChI=1S/C13H17FO3/c1-2-3-8-13(15)17-10-9-16-12-7-5-4-6-11(12)14/h4-7H,2-3,8-10H2,1H3. The lowest BCUT2D eigenvalue weighted by Gasteiger charge is -2.07. The van der Waals surface area contributed by atoms with Gasteiger partial charge in [-0.15, -0.1) is 0 Å². The van der Waals surface area contributed by atoms with Gasteiger partial charge in [0.25, 0.3) is 0 Å². The average molecular weight is 240 g/mol. The van der Waals surface area contributed by atoms with Crippen LogP contribution in [0.2, 0.25) is 0 Å². The van der Waals surface area contributed by atoms with E-state index >= 15 is 0 Å². The lowest BCUT2D eigenvalue weighted by Crippen LogP contribution is -2.12. The number of benzene rings is 1. The molecule has 0 fully saturated rings. The van der Waals surface area contributed by atoms with Crippen LogP contribution in [0.15, 0.2) is 24.3 Å². The maximum atomic E-state index is 13.1. The summed E-state index contributed by atoms with van der Waals surface area (Å²) in [6, 6.07) is 6.13. The molecule has 0 saturated heterocycles. The molecule has 0 atom stereocenters. The Hall–Kier alpha value is -1.58. The summed E-state index contributed by atoms with van der Waals surface area (Å²) < 4.78 is 23.2.